The van der Waals surface area contributed by atoms with E-state index in [1.165, 1.54) is 6.33 Å². The first-order chi connectivity index (χ1) is 16.0. The van der Waals surface area contributed by atoms with Gasteiger partial charge in [0.05, 0.1) is 22.3 Å². The first-order valence-electron chi connectivity index (χ1n) is 10.3. The van der Waals surface area contributed by atoms with Gasteiger partial charge in [-0.1, -0.05) is 29.3 Å². The van der Waals surface area contributed by atoms with Gasteiger partial charge in [0.15, 0.2) is 5.52 Å². The zero-order valence-corrected chi connectivity index (χ0v) is 18.8. The van der Waals surface area contributed by atoms with E-state index in [4.69, 9.17) is 23.2 Å². The number of aromatic amines is 2. The van der Waals surface area contributed by atoms with Gasteiger partial charge < -0.3 is 15.2 Å². The van der Waals surface area contributed by atoms with Crippen molar-refractivity contribution in [1.82, 2.24) is 39.8 Å². The minimum atomic E-state index is -0.283. The van der Waals surface area contributed by atoms with Crippen LogP contribution < -0.4 is 10.9 Å². The molecule has 0 bridgehead atoms. The van der Waals surface area contributed by atoms with Crippen molar-refractivity contribution in [3.8, 4) is 0 Å². The van der Waals surface area contributed by atoms with Crippen LogP contribution >= 0.6 is 23.2 Å². The van der Waals surface area contributed by atoms with E-state index in [2.05, 4.69) is 35.6 Å². The Balaban J connectivity index is 1.29. The number of nitrogens with one attached hydrogen (secondary N) is 3. The van der Waals surface area contributed by atoms with Crippen molar-refractivity contribution in [3.05, 3.63) is 62.5 Å². The second-order valence-electron chi connectivity index (χ2n) is 7.70. The molecule has 170 valence electrons. The lowest BCUT2D eigenvalue weighted by Gasteiger charge is -2.31. The predicted molar refractivity (Wildman–Crippen MR) is 122 cm³/mol. The van der Waals surface area contributed by atoms with E-state index in [0.29, 0.717) is 59.5 Å². The Morgan fingerprint density at radius 3 is 2.76 bits per heavy atom. The van der Waals surface area contributed by atoms with Gasteiger partial charge in [0.25, 0.3) is 11.5 Å². The van der Waals surface area contributed by atoms with Crippen molar-refractivity contribution in [1.29, 1.82) is 0 Å². The molecular formula is C20H19Cl2N9O2. The molecule has 11 nitrogen and oxygen atoms in total. The third kappa shape index (κ3) is 4.29. The molecule has 33 heavy (non-hydrogen) atoms. The van der Waals surface area contributed by atoms with Crippen molar-refractivity contribution in [3.63, 3.8) is 0 Å². The van der Waals surface area contributed by atoms with Crippen LogP contribution in [0.5, 0.6) is 0 Å². The normalized spacial score (nSPS) is 14.7. The molecule has 1 aliphatic heterocycles. The van der Waals surface area contributed by atoms with Gasteiger partial charge in [-0.05, 0) is 30.5 Å². The van der Waals surface area contributed by atoms with Gasteiger partial charge in [0, 0.05) is 19.6 Å². The minimum absolute atomic E-state index is 0.0146. The summed E-state index contributed by atoms with van der Waals surface area (Å²) in [5.74, 6) is 0.374. The number of carbonyl (C=O) groups excluding carboxylic acids is 1. The highest BCUT2D eigenvalue weighted by atomic mass is 35.5. The Kier molecular flexibility index (Phi) is 5.73. The molecule has 4 heterocycles. The number of hydrogen-bond acceptors (Lipinski definition) is 7. The van der Waals surface area contributed by atoms with E-state index in [-0.39, 0.29) is 23.3 Å². The number of carbonyl (C=O) groups is 1. The number of benzene rings is 1. The van der Waals surface area contributed by atoms with E-state index in [9.17, 15) is 9.59 Å². The Labute approximate surface area is 197 Å². The maximum absolute atomic E-state index is 12.8. The first-order valence-corrected chi connectivity index (χ1v) is 11.1. The molecule has 3 aromatic heterocycles. The van der Waals surface area contributed by atoms with E-state index in [1.807, 2.05) is 6.07 Å². The third-order valence-electron chi connectivity index (χ3n) is 5.62. The number of amides is 1. The lowest BCUT2D eigenvalue weighted by Crippen LogP contribution is -2.40. The van der Waals surface area contributed by atoms with Crippen LogP contribution in [-0.2, 0) is 6.54 Å². The summed E-state index contributed by atoms with van der Waals surface area (Å²) in [6, 6.07) is 5.30. The maximum Gasteiger partial charge on any atom is 0.291 e. The average Bonchev–Trinajstić information content (AvgIpc) is 3.50. The number of nitrogens with zero attached hydrogens (tertiary/aromatic N) is 6. The van der Waals surface area contributed by atoms with Gasteiger partial charge in [0.1, 0.15) is 11.8 Å². The largest absolute Gasteiger partial charge is 0.352 e. The fourth-order valence-electron chi connectivity index (χ4n) is 3.94. The molecule has 13 heteroatoms. The summed E-state index contributed by atoms with van der Waals surface area (Å²) in [5, 5.41) is 15.9. The molecule has 4 aromatic rings. The second kappa shape index (κ2) is 8.83. The summed E-state index contributed by atoms with van der Waals surface area (Å²) in [5.41, 5.74) is 1.52. The number of likely N-dealkylation sites (tertiary alicyclic amines) is 1. The SMILES string of the molecule is O=C(c1nnc[nH]1)N1CCC(n2ncc3nc(NCc4ccc(Cl)c(Cl)c4)[nH]c(=O)c32)CC1. The molecule has 0 spiro atoms. The molecule has 1 aliphatic rings. The number of piperidine rings is 1. The molecule has 1 aromatic carbocycles. The number of halogens is 2. The highest BCUT2D eigenvalue weighted by Crippen LogP contribution is 2.26. The number of H-pyrrole nitrogens is 2. The average molecular weight is 488 g/mol. The van der Waals surface area contributed by atoms with Gasteiger partial charge in [-0.25, -0.2) is 4.98 Å². The Hall–Kier alpha value is -3.44. The summed E-state index contributed by atoms with van der Waals surface area (Å²) >= 11 is 12.0. The Morgan fingerprint density at radius 2 is 2.03 bits per heavy atom. The number of hydrogen-bond donors (Lipinski definition) is 3. The number of aromatic nitrogens is 7. The molecule has 1 saturated heterocycles. The smallest absolute Gasteiger partial charge is 0.291 e. The van der Waals surface area contributed by atoms with Crippen LogP contribution in [-0.4, -0.2) is 58.8 Å². The van der Waals surface area contributed by atoms with Crippen LogP contribution in [0.1, 0.15) is 35.1 Å². The molecule has 0 unspecified atom stereocenters. The molecule has 0 aliphatic carbocycles. The van der Waals surface area contributed by atoms with Crippen LogP contribution in [0.25, 0.3) is 11.0 Å². The van der Waals surface area contributed by atoms with Crippen LogP contribution in [0.15, 0.2) is 35.5 Å². The van der Waals surface area contributed by atoms with Crippen molar-refractivity contribution >= 4 is 46.1 Å². The number of rotatable bonds is 5. The van der Waals surface area contributed by atoms with Crippen LogP contribution in [0.3, 0.4) is 0 Å². The zero-order chi connectivity index (χ0) is 22.9. The van der Waals surface area contributed by atoms with Crippen molar-refractivity contribution in [2.45, 2.75) is 25.4 Å². The van der Waals surface area contributed by atoms with Gasteiger partial charge in [-0.3, -0.25) is 19.3 Å². The predicted octanol–water partition coefficient (Wildman–Crippen LogP) is 2.63. The summed E-state index contributed by atoms with van der Waals surface area (Å²) < 4.78 is 1.71. The topological polar surface area (TPSA) is 137 Å². The van der Waals surface area contributed by atoms with E-state index >= 15 is 0 Å². The highest BCUT2D eigenvalue weighted by molar-refractivity contribution is 6.42. The third-order valence-corrected chi connectivity index (χ3v) is 6.36. The van der Waals surface area contributed by atoms with Gasteiger partial charge >= 0.3 is 0 Å². The monoisotopic (exact) mass is 487 g/mol. The number of fused-ring (bicyclic) bond motifs is 1. The summed E-state index contributed by atoms with van der Waals surface area (Å²) in [6.45, 7) is 1.47. The summed E-state index contributed by atoms with van der Waals surface area (Å²) in [4.78, 5) is 37.0. The molecule has 1 amide bonds. The molecule has 3 N–H and O–H groups in total. The quantitative estimate of drug-likeness (QED) is 0.393. The fourth-order valence-corrected chi connectivity index (χ4v) is 4.26. The second-order valence-corrected chi connectivity index (χ2v) is 8.51. The lowest BCUT2D eigenvalue weighted by molar-refractivity contribution is 0.0679. The van der Waals surface area contributed by atoms with Crippen molar-refractivity contribution in [2.75, 3.05) is 18.4 Å². The lowest BCUT2D eigenvalue weighted by atomic mass is 10.0. The van der Waals surface area contributed by atoms with Gasteiger partial charge in [-0.15, -0.1) is 10.2 Å². The van der Waals surface area contributed by atoms with E-state index < -0.39 is 0 Å². The molecular weight excluding hydrogens is 469 g/mol. The molecule has 0 radical (unpaired) electrons. The first kappa shape index (κ1) is 21.4. The Bertz CT molecular complexity index is 1360. The molecule has 1 fully saturated rings. The molecule has 5 rings (SSSR count). The fraction of sp³-hybridized carbons (Fsp3) is 0.300. The zero-order valence-electron chi connectivity index (χ0n) is 17.3. The molecule has 0 saturated carbocycles. The summed E-state index contributed by atoms with van der Waals surface area (Å²) in [7, 11) is 0. The highest BCUT2D eigenvalue weighted by Gasteiger charge is 2.28. The van der Waals surface area contributed by atoms with E-state index in [1.54, 1.807) is 27.9 Å². The van der Waals surface area contributed by atoms with Crippen molar-refractivity contribution < 1.29 is 4.79 Å². The standard InChI is InChI=1S/C20H19Cl2N9O2/c21-13-2-1-11(7-14(13)22)8-23-20-27-15-9-26-31(16(15)18(32)28-20)12-3-5-30(6-4-12)19(33)17-24-10-25-29-17/h1-2,7,9-10,12H,3-6,8H2,(H,24,25,29)(H2,23,27,28,32). The van der Waals surface area contributed by atoms with E-state index in [0.717, 1.165) is 5.56 Å². The Morgan fingerprint density at radius 1 is 1.21 bits per heavy atom. The van der Waals surface area contributed by atoms with Gasteiger partial charge in [-0.2, -0.15) is 5.10 Å². The molecule has 0 atom stereocenters. The van der Waals surface area contributed by atoms with Crippen LogP contribution in [0.4, 0.5) is 5.95 Å². The number of anilines is 1. The van der Waals surface area contributed by atoms with Crippen LogP contribution in [0.2, 0.25) is 10.0 Å². The maximum atomic E-state index is 12.8. The summed E-state index contributed by atoms with van der Waals surface area (Å²) in [6.07, 6.45) is 4.28. The van der Waals surface area contributed by atoms with Crippen molar-refractivity contribution in [2.24, 2.45) is 0 Å². The van der Waals surface area contributed by atoms with Crippen LogP contribution in [0, 0.1) is 0 Å². The minimum Gasteiger partial charge on any atom is -0.352 e. The van der Waals surface area contributed by atoms with Gasteiger partial charge in [0.2, 0.25) is 11.8 Å².